The number of ether oxygens (including phenoxy) is 3. The van der Waals surface area contributed by atoms with Gasteiger partial charge >= 0.3 is 11.9 Å². The molecule has 1 aliphatic rings. The second-order valence-electron chi connectivity index (χ2n) is 5.09. The average Bonchev–Trinajstić information content (AvgIpc) is 2.90. The Morgan fingerprint density at radius 1 is 1.16 bits per heavy atom. The molecule has 7 heteroatoms. The molecule has 0 saturated carbocycles. The Morgan fingerprint density at radius 2 is 1.92 bits per heavy atom. The highest BCUT2D eigenvalue weighted by Crippen LogP contribution is 2.29. The fourth-order valence-electron chi connectivity index (χ4n) is 2.21. The summed E-state index contributed by atoms with van der Waals surface area (Å²) >= 11 is 6.00. The Bertz CT molecular complexity index is 834. The molecule has 0 radical (unpaired) electrons. The van der Waals surface area contributed by atoms with Gasteiger partial charge in [-0.15, -0.1) is 0 Å². The number of anilines is 1. The number of methoxy groups -OCH3 is 1. The van der Waals surface area contributed by atoms with Crippen molar-refractivity contribution in [1.29, 1.82) is 0 Å². The third kappa shape index (κ3) is 3.75. The van der Waals surface area contributed by atoms with Crippen LogP contribution in [0.3, 0.4) is 0 Å². The highest BCUT2D eigenvalue weighted by Gasteiger charge is 2.36. The van der Waals surface area contributed by atoms with Crippen molar-refractivity contribution in [2.24, 2.45) is 0 Å². The van der Waals surface area contributed by atoms with E-state index in [4.69, 9.17) is 25.8 Å². The van der Waals surface area contributed by atoms with Crippen LogP contribution in [0, 0.1) is 0 Å². The maximum atomic E-state index is 12.2. The highest BCUT2D eigenvalue weighted by molar-refractivity contribution is 6.42. The van der Waals surface area contributed by atoms with E-state index in [2.05, 4.69) is 5.32 Å². The van der Waals surface area contributed by atoms with Crippen molar-refractivity contribution in [1.82, 2.24) is 0 Å². The first kappa shape index (κ1) is 16.9. The van der Waals surface area contributed by atoms with E-state index in [1.807, 2.05) is 0 Å². The van der Waals surface area contributed by atoms with Crippen molar-refractivity contribution >= 4 is 29.2 Å². The van der Waals surface area contributed by atoms with Crippen molar-refractivity contribution in [2.45, 2.75) is 6.29 Å². The van der Waals surface area contributed by atoms with E-state index >= 15 is 0 Å². The summed E-state index contributed by atoms with van der Waals surface area (Å²) in [5.41, 5.74) is 1.10. The van der Waals surface area contributed by atoms with Crippen molar-refractivity contribution in [3.8, 4) is 5.75 Å². The molecule has 2 aromatic rings. The van der Waals surface area contributed by atoms with Crippen molar-refractivity contribution in [2.75, 3.05) is 12.4 Å². The molecule has 0 fully saturated rings. The highest BCUT2D eigenvalue weighted by atomic mass is 35.5. The second-order valence-corrected chi connectivity index (χ2v) is 5.47. The molecule has 0 amide bonds. The normalized spacial score (nSPS) is 16.4. The van der Waals surface area contributed by atoms with Crippen LogP contribution in [-0.2, 0) is 14.3 Å². The van der Waals surface area contributed by atoms with Gasteiger partial charge in [-0.2, -0.15) is 0 Å². The van der Waals surface area contributed by atoms with Gasteiger partial charge in [0.25, 0.3) is 6.29 Å². The summed E-state index contributed by atoms with van der Waals surface area (Å²) in [6.45, 7) is 0. The number of esters is 2. The first-order valence-corrected chi connectivity index (χ1v) is 7.74. The van der Waals surface area contributed by atoms with Crippen LogP contribution in [0.15, 0.2) is 65.3 Å². The van der Waals surface area contributed by atoms with Gasteiger partial charge in [0, 0.05) is 11.8 Å². The fourth-order valence-corrected chi connectivity index (χ4v) is 2.39. The van der Waals surface area contributed by atoms with Crippen LogP contribution in [-0.4, -0.2) is 25.3 Å². The lowest BCUT2D eigenvalue weighted by Crippen LogP contribution is -2.24. The molecule has 3 rings (SSSR count). The molecule has 1 heterocycles. The molecular formula is C18H14ClNO5. The summed E-state index contributed by atoms with van der Waals surface area (Å²) in [7, 11) is 1.54. The van der Waals surface area contributed by atoms with Crippen molar-refractivity contribution in [3.05, 3.63) is 70.9 Å². The van der Waals surface area contributed by atoms with Crippen LogP contribution in [0.1, 0.15) is 10.4 Å². The molecule has 0 aliphatic carbocycles. The van der Waals surface area contributed by atoms with Crippen molar-refractivity contribution in [3.63, 3.8) is 0 Å². The Hall–Kier alpha value is -2.99. The molecule has 0 aromatic heterocycles. The minimum Gasteiger partial charge on any atom is -0.497 e. The quantitative estimate of drug-likeness (QED) is 0.826. The Labute approximate surface area is 148 Å². The SMILES string of the molecule is COc1cccc(NC2=C(Cl)C(=O)OC2OC(=O)c2ccccc2)c1. The molecule has 1 atom stereocenters. The third-order valence-corrected chi connectivity index (χ3v) is 3.80. The summed E-state index contributed by atoms with van der Waals surface area (Å²) in [6, 6.07) is 15.4. The zero-order valence-electron chi connectivity index (χ0n) is 13.2. The molecule has 1 N–H and O–H groups in total. The summed E-state index contributed by atoms with van der Waals surface area (Å²) in [4.78, 5) is 23.9. The number of cyclic esters (lactones) is 1. The molecule has 0 bridgehead atoms. The van der Waals surface area contributed by atoms with E-state index in [0.29, 0.717) is 17.0 Å². The van der Waals surface area contributed by atoms with E-state index in [1.165, 1.54) is 7.11 Å². The van der Waals surface area contributed by atoms with Gasteiger partial charge in [-0.05, 0) is 24.3 Å². The lowest BCUT2D eigenvalue weighted by atomic mass is 10.2. The van der Waals surface area contributed by atoms with Crippen LogP contribution < -0.4 is 10.1 Å². The predicted octanol–water partition coefficient (Wildman–Crippen LogP) is 3.30. The molecule has 128 valence electrons. The van der Waals surface area contributed by atoms with Gasteiger partial charge in [-0.3, -0.25) is 0 Å². The Balaban J connectivity index is 1.80. The fraction of sp³-hybridized carbons (Fsp3) is 0.111. The molecule has 1 unspecified atom stereocenters. The van der Waals surface area contributed by atoms with E-state index < -0.39 is 18.2 Å². The van der Waals surface area contributed by atoms with Crippen LogP contribution in [0.25, 0.3) is 0 Å². The van der Waals surface area contributed by atoms with Gasteiger partial charge in [0.1, 0.15) is 11.4 Å². The summed E-state index contributed by atoms with van der Waals surface area (Å²) in [5.74, 6) is -0.780. The van der Waals surface area contributed by atoms with Crippen LogP contribution >= 0.6 is 11.6 Å². The topological polar surface area (TPSA) is 73.9 Å². The summed E-state index contributed by atoms with van der Waals surface area (Å²) in [5, 5.41) is 2.77. The van der Waals surface area contributed by atoms with Crippen LogP contribution in [0.5, 0.6) is 5.75 Å². The number of carbonyl (C=O) groups excluding carboxylic acids is 2. The lowest BCUT2D eigenvalue weighted by Gasteiger charge is -2.16. The number of benzene rings is 2. The van der Waals surface area contributed by atoms with Gasteiger partial charge in [-0.1, -0.05) is 35.9 Å². The van der Waals surface area contributed by atoms with Gasteiger partial charge in [-0.25, -0.2) is 9.59 Å². The number of hydrogen-bond acceptors (Lipinski definition) is 6. The molecule has 0 saturated heterocycles. The smallest absolute Gasteiger partial charge is 0.355 e. The maximum absolute atomic E-state index is 12.2. The number of carbonyl (C=O) groups is 2. The van der Waals surface area contributed by atoms with Gasteiger partial charge in [0.2, 0.25) is 0 Å². The summed E-state index contributed by atoms with van der Waals surface area (Å²) in [6.07, 6.45) is -1.25. The maximum Gasteiger partial charge on any atom is 0.355 e. The zero-order chi connectivity index (χ0) is 17.8. The zero-order valence-corrected chi connectivity index (χ0v) is 13.9. The number of halogens is 1. The minimum atomic E-state index is -1.25. The standard InChI is InChI=1S/C18H14ClNO5/c1-23-13-9-5-8-12(10-13)20-15-14(19)17(22)25-18(15)24-16(21)11-6-3-2-4-7-11/h2-10,18,20H,1H3. The van der Waals surface area contributed by atoms with E-state index in [0.717, 1.165) is 0 Å². The Morgan fingerprint density at radius 3 is 2.64 bits per heavy atom. The molecular weight excluding hydrogens is 346 g/mol. The second kappa shape index (κ2) is 7.27. The monoisotopic (exact) mass is 359 g/mol. The average molecular weight is 360 g/mol. The van der Waals surface area contributed by atoms with Gasteiger partial charge in [0.05, 0.1) is 12.7 Å². The largest absolute Gasteiger partial charge is 0.497 e. The van der Waals surface area contributed by atoms with Gasteiger partial charge < -0.3 is 19.5 Å². The third-order valence-electron chi connectivity index (χ3n) is 3.44. The van der Waals surface area contributed by atoms with Crippen molar-refractivity contribution < 1.29 is 23.8 Å². The Kier molecular flexibility index (Phi) is 4.90. The first-order valence-electron chi connectivity index (χ1n) is 7.36. The molecule has 2 aromatic carbocycles. The van der Waals surface area contributed by atoms with E-state index in [1.54, 1.807) is 54.6 Å². The van der Waals surface area contributed by atoms with Crippen LogP contribution in [0.2, 0.25) is 0 Å². The molecule has 0 spiro atoms. The number of hydrogen-bond donors (Lipinski definition) is 1. The number of nitrogens with one attached hydrogen (secondary N) is 1. The molecule has 1 aliphatic heterocycles. The molecule has 6 nitrogen and oxygen atoms in total. The predicted molar refractivity (Wildman–Crippen MR) is 91.2 cm³/mol. The summed E-state index contributed by atoms with van der Waals surface area (Å²) < 4.78 is 15.4. The van der Waals surface area contributed by atoms with E-state index in [-0.39, 0.29) is 10.7 Å². The molecule has 25 heavy (non-hydrogen) atoms. The van der Waals surface area contributed by atoms with E-state index in [9.17, 15) is 9.59 Å². The first-order chi connectivity index (χ1) is 12.1. The van der Waals surface area contributed by atoms with Crippen LogP contribution in [0.4, 0.5) is 5.69 Å². The lowest BCUT2D eigenvalue weighted by molar-refractivity contribution is -0.152. The number of rotatable bonds is 5. The van der Waals surface area contributed by atoms with Gasteiger partial charge in [0.15, 0.2) is 5.03 Å². The minimum absolute atomic E-state index is 0.157.